The number of hydrogen-bond donors (Lipinski definition) is 0. The third-order valence-corrected chi connectivity index (χ3v) is 3.10. The highest BCUT2D eigenvalue weighted by Crippen LogP contribution is 2.25. The molecule has 0 radical (unpaired) electrons. The second-order valence-electron chi connectivity index (χ2n) is 4.06. The molecule has 17 heavy (non-hydrogen) atoms. The second-order valence-corrected chi connectivity index (χ2v) is 4.06. The van der Waals surface area contributed by atoms with E-state index in [4.69, 9.17) is 0 Å². The van der Waals surface area contributed by atoms with Gasteiger partial charge in [-0.25, -0.2) is 0 Å². The summed E-state index contributed by atoms with van der Waals surface area (Å²) in [7, 11) is 0. The summed E-state index contributed by atoms with van der Waals surface area (Å²) in [6, 6.07) is 12.5. The van der Waals surface area contributed by atoms with Crippen LogP contribution in [0.15, 0.2) is 55.0 Å². The van der Waals surface area contributed by atoms with Crippen LogP contribution in [0.2, 0.25) is 0 Å². The van der Waals surface area contributed by atoms with Gasteiger partial charge < -0.3 is 4.40 Å². The van der Waals surface area contributed by atoms with E-state index >= 15 is 0 Å². The van der Waals surface area contributed by atoms with Gasteiger partial charge >= 0.3 is 0 Å². The number of nitrogens with zero attached hydrogens (tertiary/aromatic N) is 3. The van der Waals surface area contributed by atoms with E-state index in [1.807, 2.05) is 18.2 Å². The molecule has 0 atom stereocenters. The fraction of sp³-hybridized carbons (Fsp3) is 0. The van der Waals surface area contributed by atoms with Gasteiger partial charge in [0.25, 0.3) is 0 Å². The molecule has 4 aromatic rings. The Morgan fingerprint density at radius 1 is 0.941 bits per heavy atom. The van der Waals surface area contributed by atoms with Gasteiger partial charge in [-0.2, -0.15) is 0 Å². The van der Waals surface area contributed by atoms with Crippen LogP contribution < -0.4 is 0 Å². The van der Waals surface area contributed by atoms with Crippen molar-refractivity contribution < 1.29 is 0 Å². The van der Waals surface area contributed by atoms with Crippen molar-refractivity contribution >= 4 is 27.5 Å². The van der Waals surface area contributed by atoms with Crippen molar-refractivity contribution in [1.29, 1.82) is 0 Å². The van der Waals surface area contributed by atoms with E-state index in [1.54, 1.807) is 12.4 Å². The maximum absolute atomic E-state index is 4.43. The summed E-state index contributed by atoms with van der Waals surface area (Å²) in [6.45, 7) is 0. The fourth-order valence-corrected chi connectivity index (χ4v) is 2.34. The normalized spacial score (nSPS) is 11.5. The molecule has 0 bridgehead atoms. The summed E-state index contributed by atoms with van der Waals surface area (Å²) in [5.74, 6) is 0. The Morgan fingerprint density at radius 2 is 1.88 bits per heavy atom. The molecular weight excluding hydrogens is 210 g/mol. The Labute approximate surface area is 97.4 Å². The predicted molar refractivity (Wildman–Crippen MR) is 68.0 cm³/mol. The first-order valence-electron chi connectivity index (χ1n) is 5.53. The maximum atomic E-state index is 4.43. The molecule has 0 amide bonds. The van der Waals surface area contributed by atoms with Gasteiger partial charge in [0.1, 0.15) is 0 Å². The molecule has 0 saturated heterocycles. The van der Waals surface area contributed by atoms with Crippen LogP contribution in [0.1, 0.15) is 0 Å². The molecule has 0 N–H and O–H groups in total. The minimum atomic E-state index is 0.941. The Kier molecular flexibility index (Phi) is 1.56. The average Bonchev–Trinajstić information content (AvgIpc) is 2.78. The molecule has 0 unspecified atom stereocenters. The molecule has 4 rings (SSSR count). The van der Waals surface area contributed by atoms with Crippen molar-refractivity contribution in [1.82, 2.24) is 14.4 Å². The highest BCUT2D eigenvalue weighted by Gasteiger charge is 2.06. The van der Waals surface area contributed by atoms with Crippen molar-refractivity contribution in [2.24, 2.45) is 0 Å². The van der Waals surface area contributed by atoms with E-state index in [0.717, 1.165) is 16.4 Å². The Balaban J connectivity index is 2.34. The molecule has 3 nitrogen and oxygen atoms in total. The van der Waals surface area contributed by atoms with Crippen LogP contribution in [-0.2, 0) is 0 Å². The smallest absolute Gasteiger partial charge is 0.0980 e. The quantitative estimate of drug-likeness (QED) is 0.455. The van der Waals surface area contributed by atoms with Gasteiger partial charge in [-0.15, -0.1) is 0 Å². The molecule has 0 aliphatic carbocycles. The molecule has 3 aromatic heterocycles. The molecule has 0 fully saturated rings. The van der Waals surface area contributed by atoms with Gasteiger partial charge in [0.05, 0.1) is 16.6 Å². The summed E-state index contributed by atoms with van der Waals surface area (Å²) in [5, 5.41) is 1.15. The van der Waals surface area contributed by atoms with E-state index in [-0.39, 0.29) is 0 Å². The zero-order valence-electron chi connectivity index (χ0n) is 9.04. The first-order chi connectivity index (χ1) is 8.43. The van der Waals surface area contributed by atoms with Gasteiger partial charge in [0, 0.05) is 29.5 Å². The lowest BCUT2D eigenvalue weighted by atomic mass is 10.2. The summed E-state index contributed by atoms with van der Waals surface area (Å²) < 4.78 is 2.17. The molecular formula is C14H9N3. The standard InChI is InChI=1S/C14H9N3/c1-2-8-17-10(3-1)9-11-13(17)5-4-12-14(11)16-7-6-15-12/h1-9H. The molecule has 3 heteroatoms. The first-order valence-corrected chi connectivity index (χ1v) is 5.53. The highest BCUT2D eigenvalue weighted by atomic mass is 14.9. The number of benzene rings is 1. The summed E-state index contributed by atoms with van der Waals surface area (Å²) in [6.07, 6.45) is 5.54. The van der Waals surface area contributed by atoms with Gasteiger partial charge in [-0.3, -0.25) is 9.97 Å². The highest BCUT2D eigenvalue weighted by molar-refractivity contribution is 6.05. The maximum Gasteiger partial charge on any atom is 0.0980 e. The summed E-state index contributed by atoms with van der Waals surface area (Å²) in [4.78, 5) is 8.76. The Morgan fingerprint density at radius 3 is 2.88 bits per heavy atom. The molecule has 0 spiro atoms. The van der Waals surface area contributed by atoms with Gasteiger partial charge in [-0.1, -0.05) is 6.07 Å². The number of fused-ring (bicyclic) bond motifs is 5. The lowest BCUT2D eigenvalue weighted by molar-refractivity contribution is 1.25. The zero-order chi connectivity index (χ0) is 11.2. The van der Waals surface area contributed by atoms with Crippen molar-refractivity contribution in [3.05, 3.63) is 55.0 Å². The van der Waals surface area contributed by atoms with Crippen LogP contribution in [0.25, 0.3) is 27.5 Å². The van der Waals surface area contributed by atoms with Gasteiger partial charge in [0.2, 0.25) is 0 Å². The summed E-state index contributed by atoms with van der Waals surface area (Å²) in [5.41, 5.74) is 4.26. The van der Waals surface area contributed by atoms with Crippen molar-refractivity contribution in [3.8, 4) is 0 Å². The van der Waals surface area contributed by atoms with Crippen molar-refractivity contribution in [2.45, 2.75) is 0 Å². The number of aromatic nitrogens is 3. The largest absolute Gasteiger partial charge is 0.316 e. The van der Waals surface area contributed by atoms with Gasteiger partial charge in [0.15, 0.2) is 0 Å². The van der Waals surface area contributed by atoms with E-state index in [1.165, 1.54) is 11.0 Å². The monoisotopic (exact) mass is 219 g/mol. The van der Waals surface area contributed by atoms with Crippen LogP contribution in [0.3, 0.4) is 0 Å². The molecule has 3 heterocycles. The Hall–Kier alpha value is -2.42. The lowest BCUT2D eigenvalue weighted by Crippen LogP contribution is -1.84. The molecule has 0 saturated carbocycles. The van der Waals surface area contributed by atoms with Crippen molar-refractivity contribution in [2.75, 3.05) is 0 Å². The minimum Gasteiger partial charge on any atom is -0.316 e. The SMILES string of the molecule is c1ccn2c(c1)cc1c3nccnc3ccc12. The van der Waals surface area contributed by atoms with E-state index in [9.17, 15) is 0 Å². The van der Waals surface area contributed by atoms with Crippen LogP contribution >= 0.6 is 0 Å². The predicted octanol–water partition coefficient (Wildman–Crippen LogP) is 3.04. The molecule has 80 valence electrons. The first kappa shape index (κ1) is 8.70. The fourth-order valence-electron chi connectivity index (χ4n) is 2.34. The Bertz CT molecular complexity index is 846. The van der Waals surface area contributed by atoms with Gasteiger partial charge in [-0.05, 0) is 30.3 Å². The topological polar surface area (TPSA) is 30.2 Å². The van der Waals surface area contributed by atoms with E-state index in [0.29, 0.717) is 0 Å². The van der Waals surface area contributed by atoms with Crippen LogP contribution in [0, 0.1) is 0 Å². The minimum absolute atomic E-state index is 0.941. The average molecular weight is 219 g/mol. The molecule has 0 aliphatic rings. The number of hydrogen-bond acceptors (Lipinski definition) is 2. The summed E-state index contributed by atoms with van der Waals surface area (Å²) >= 11 is 0. The third kappa shape index (κ3) is 1.11. The van der Waals surface area contributed by atoms with E-state index in [2.05, 4.69) is 38.8 Å². The molecule has 1 aromatic carbocycles. The van der Waals surface area contributed by atoms with Crippen LogP contribution in [-0.4, -0.2) is 14.4 Å². The van der Waals surface area contributed by atoms with Crippen molar-refractivity contribution in [3.63, 3.8) is 0 Å². The zero-order valence-corrected chi connectivity index (χ0v) is 9.04. The van der Waals surface area contributed by atoms with E-state index < -0.39 is 0 Å². The number of pyridine rings is 1. The van der Waals surface area contributed by atoms with Crippen LogP contribution in [0.4, 0.5) is 0 Å². The molecule has 0 aliphatic heterocycles. The number of rotatable bonds is 0. The second kappa shape index (κ2) is 3.04. The lowest BCUT2D eigenvalue weighted by Gasteiger charge is -1.98. The third-order valence-electron chi connectivity index (χ3n) is 3.10. The van der Waals surface area contributed by atoms with Crippen LogP contribution in [0.5, 0.6) is 0 Å².